The quantitative estimate of drug-likeness (QED) is 0.719. The smallest absolute Gasteiger partial charge is 0.111 e. The van der Waals surface area contributed by atoms with Crippen molar-refractivity contribution in [1.29, 1.82) is 0 Å². The van der Waals surface area contributed by atoms with Gasteiger partial charge in [0, 0.05) is 0 Å². The molecule has 0 spiro atoms. The Bertz CT molecular complexity index is 302. The lowest BCUT2D eigenvalue weighted by molar-refractivity contribution is 0.504. The van der Waals surface area contributed by atoms with Crippen LogP contribution in [0.5, 0.6) is 0 Å². The Labute approximate surface area is 126 Å². The average molecular weight is 293 g/mol. The molecule has 0 bridgehead atoms. The fraction of sp³-hybridized carbons (Fsp3) is 1.00. The highest BCUT2D eigenvalue weighted by molar-refractivity contribution is 7.43. The lowest BCUT2D eigenvalue weighted by Gasteiger charge is -2.45. The third kappa shape index (κ3) is 4.04. The second-order valence-electron chi connectivity index (χ2n) is 9.99. The zero-order valence-corrected chi connectivity index (χ0v) is 17.1. The van der Waals surface area contributed by atoms with Crippen LogP contribution >= 0.6 is 0 Å². The molecule has 19 heavy (non-hydrogen) atoms. The summed E-state index contributed by atoms with van der Waals surface area (Å²) < 4.78 is 2.97. The molecule has 6 heteroatoms. The van der Waals surface area contributed by atoms with Gasteiger partial charge in [-0.3, -0.25) is 0 Å². The summed E-state index contributed by atoms with van der Waals surface area (Å²) in [4.78, 5) is 0. The summed E-state index contributed by atoms with van der Waals surface area (Å²) in [5.74, 6) is 0. The van der Waals surface area contributed by atoms with Crippen LogP contribution in [-0.4, -0.2) is 48.0 Å². The van der Waals surface area contributed by atoms with Gasteiger partial charge in [0.1, 0.15) is 16.5 Å². The molecule has 0 aromatic rings. The molecule has 0 N–H and O–H groups in total. The monoisotopic (exact) mass is 293 g/mol. The molecule has 0 amide bonds. The van der Waals surface area contributed by atoms with Gasteiger partial charge in [0.15, 0.2) is 0 Å². The van der Waals surface area contributed by atoms with Crippen molar-refractivity contribution in [3.63, 3.8) is 0 Å². The molecule has 0 aromatic heterocycles. The fourth-order valence-electron chi connectivity index (χ4n) is 4.01. The van der Waals surface area contributed by atoms with Crippen LogP contribution in [0.25, 0.3) is 0 Å². The van der Waals surface area contributed by atoms with Gasteiger partial charge in [0.05, 0.1) is 20.8 Å². The van der Waals surface area contributed by atoms with Crippen LogP contribution in [0.15, 0.2) is 0 Å². The molecular weight excluding hydrogens is 259 g/mol. The Morgan fingerprint density at radius 3 is 1.37 bits per heavy atom. The highest BCUT2D eigenvalue weighted by Gasteiger charge is 2.50. The van der Waals surface area contributed by atoms with Crippen molar-refractivity contribution in [3.05, 3.63) is 0 Å². The van der Waals surface area contributed by atoms with E-state index in [1.165, 1.54) is 20.8 Å². The predicted molar refractivity (Wildman–Crippen MR) is 102 cm³/mol. The largest absolute Gasteiger partial charge is 0.354 e. The topological polar surface area (TPSA) is 3.24 Å². The molecule has 1 fully saturated rings. The van der Waals surface area contributed by atoms with Crippen molar-refractivity contribution in [1.82, 2.24) is 4.23 Å². The standard InChI is InChI=1S/C13H34B3NSi2/c1-12(2)13(3,4)15-16(14-12)11-17(18(5,6)7)19(8,9)10/h14-15H,11H2,1-10H3. The summed E-state index contributed by atoms with van der Waals surface area (Å²) >= 11 is 0. The summed E-state index contributed by atoms with van der Waals surface area (Å²) in [6, 6.07) is 0. The minimum Gasteiger partial charge on any atom is -0.354 e. The maximum atomic E-state index is 2.97. The van der Waals surface area contributed by atoms with Crippen molar-refractivity contribution in [3.8, 4) is 0 Å². The minimum atomic E-state index is -1.19. The Hall–Kier alpha value is 0.589. The van der Waals surface area contributed by atoms with E-state index in [0.717, 1.165) is 6.49 Å². The SMILES string of the molecule is CC1(C)BB(CN([Si](C)(C)C)[Si](C)(C)C)BC1(C)C. The molecule has 0 aromatic carbocycles. The van der Waals surface area contributed by atoms with Crippen molar-refractivity contribution >= 4 is 37.3 Å². The van der Waals surface area contributed by atoms with Crippen molar-refractivity contribution in [2.45, 2.75) is 77.6 Å². The molecule has 1 aliphatic heterocycles. The van der Waals surface area contributed by atoms with Gasteiger partial charge in [-0.05, 0) is 0 Å². The van der Waals surface area contributed by atoms with E-state index in [0.29, 0.717) is 10.6 Å². The third-order valence-corrected chi connectivity index (χ3v) is 13.1. The van der Waals surface area contributed by atoms with Gasteiger partial charge < -0.3 is 4.23 Å². The Morgan fingerprint density at radius 2 is 1.11 bits per heavy atom. The van der Waals surface area contributed by atoms with Crippen molar-refractivity contribution < 1.29 is 0 Å². The van der Waals surface area contributed by atoms with E-state index >= 15 is 0 Å². The van der Waals surface area contributed by atoms with Crippen LogP contribution < -0.4 is 0 Å². The summed E-state index contributed by atoms with van der Waals surface area (Å²) in [5.41, 5.74) is 0. The molecule has 0 radical (unpaired) electrons. The predicted octanol–water partition coefficient (Wildman–Crippen LogP) is 3.27. The van der Waals surface area contributed by atoms with E-state index in [1.54, 1.807) is 0 Å². The second-order valence-corrected chi connectivity index (χ2v) is 20.2. The average Bonchev–Trinajstić information content (AvgIpc) is 2.27. The molecule has 0 aliphatic carbocycles. The van der Waals surface area contributed by atoms with Gasteiger partial charge in [0.2, 0.25) is 0 Å². The van der Waals surface area contributed by atoms with Crippen LogP contribution in [0.3, 0.4) is 0 Å². The van der Waals surface area contributed by atoms with Gasteiger partial charge in [-0.15, -0.1) is 0 Å². The maximum absolute atomic E-state index is 2.97. The first-order valence-electron chi connectivity index (χ1n) is 7.95. The Morgan fingerprint density at radius 1 is 0.789 bits per heavy atom. The molecule has 0 atom stereocenters. The van der Waals surface area contributed by atoms with Crippen LogP contribution in [0.2, 0.25) is 49.9 Å². The first kappa shape index (κ1) is 17.6. The number of nitrogens with zero attached hydrogens (tertiary/aromatic N) is 1. The Balaban J connectivity index is 2.85. The lowest BCUT2D eigenvalue weighted by atomic mass is 9.06. The van der Waals surface area contributed by atoms with E-state index in [9.17, 15) is 0 Å². The highest BCUT2D eigenvalue weighted by atomic mass is 28.4. The van der Waals surface area contributed by atoms with E-state index < -0.39 is 16.5 Å². The minimum absolute atomic E-state index is 0.502. The molecule has 108 valence electrons. The van der Waals surface area contributed by atoms with Gasteiger partial charge >= 0.3 is 0 Å². The molecular formula is C13H34B3NSi2. The zero-order chi connectivity index (χ0) is 15.3. The first-order chi connectivity index (χ1) is 8.17. The molecule has 1 saturated heterocycles. The number of hydrogen-bond acceptors (Lipinski definition) is 1. The highest BCUT2D eigenvalue weighted by Crippen LogP contribution is 2.54. The lowest BCUT2D eigenvalue weighted by Crippen LogP contribution is -2.63. The van der Waals surface area contributed by atoms with E-state index in [4.69, 9.17) is 0 Å². The summed E-state index contributed by atoms with van der Waals surface area (Å²) in [6.45, 7) is 25.9. The van der Waals surface area contributed by atoms with Crippen molar-refractivity contribution in [2.75, 3.05) is 6.44 Å². The van der Waals surface area contributed by atoms with E-state index in [1.807, 2.05) is 0 Å². The maximum Gasteiger partial charge on any atom is 0.111 e. The summed E-state index contributed by atoms with van der Waals surface area (Å²) in [5, 5.41) is 1.00. The fourth-order valence-corrected chi connectivity index (χ4v) is 13.7. The van der Waals surface area contributed by atoms with Gasteiger partial charge in [-0.25, -0.2) is 0 Å². The van der Waals surface area contributed by atoms with Crippen LogP contribution in [0.4, 0.5) is 0 Å². The normalized spacial score (nSPS) is 22.4. The van der Waals surface area contributed by atoms with Gasteiger partial charge in [-0.2, -0.15) is 0 Å². The molecule has 1 nitrogen and oxygen atoms in total. The summed E-state index contributed by atoms with van der Waals surface area (Å²) in [7, 11) is 0.442. The van der Waals surface area contributed by atoms with E-state index in [2.05, 4.69) is 71.2 Å². The zero-order valence-electron chi connectivity index (χ0n) is 15.1. The van der Waals surface area contributed by atoms with Crippen molar-refractivity contribution in [2.24, 2.45) is 0 Å². The third-order valence-electron chi connectivity index (χ3n) is 5.49. The molecule has 0 unspecified atom stereocenters. The molecule has 0 saturated carbocycles. The van der Waals surface area contributed by atoms with Gasteiger partial charge in [0.25, 0.3) is 0 Å². The first-order valence-corrected chi connectivity index (χ1v) is 14.8. The summed E-state index contributed by atoms with van der Waals surface area (Å²) in [6.07, 6.45) is 1.36. The van der Waals surface area contributed by atoms with E-state index in [-0.39, 0.29) is 0 Å². The van der Waals surface area contributed by atoms with Crippen LogP contribution in [-0.2, 0) is 0 Å². The number of rotatable bonds is 4. The van der Waals surface area contributed by atoms with Crippen LogP contribution in [0, 0.1) is 0 Å². The number of hydrogen-bond donors (Lipinski definition) is 0. The molecule has 1 aliphatic rings. The van der Waals surface area contributed by atoms with Crippen LogP contribution in [0.1, 0.15) is 27.7 Å². The second kappa shape index (κ2) is 5.10. The van der Waals surface area contributed by atoms with Gasteiger partial charge in [-0.1, -0.05) is 84.0 Å². The molecule has 1 heterocycles. The Kier molecular flexibility index (Phi) is 4.73. The molecule has 1 rings (SSSR count).